The molecule has 0 radical (unpaired) electrons. The van der Waals surface area contributed by atoms with Crippen LogP contribution in [0.5, 0.6) is 0 Å². The maximum Gasteiger partial charge on any atom is 0.263 e. The van der Waals surface area contributed by atoms with Crippen LogP contribution in [0.25, 0.3) is 5.69 Å². The van der Waals surface area contributed by atoms with Crippen molar-refractivity contribution in [2.24, 2.45) is 0 Å². The predicted molar refractivity (Wildman–Crippen MR) is 80.4 cm³/mol. The van der Waals surface area contributed by atoms with Gasteiger partial charge in [-0.1, -0.05) is 18.2 Å². The first-order valence-electron chi connectivity index (χ1n) is 7.34. The van der Waals surface area contributed by atoms with E-state index in [4.69, 9.17) is 4.74 Å². The average molecular weight is 296 g/mol. The molecule has 1 unspecified atom stereocenters. The van der Waals surface area contributed by atoms with Gasteiger partial charge in [-0.2, -0.15) is 0 Å². The molecule has 2 aliphatic rings. The van der Waals surface area contributed by atoms with Gasteiger partial charge >= 0.3 is 0 Å². The largest absolute Gasteiger partial charge is 0.371 e. The summed E-state index contributed by atoms with van der Waals surface area (Å²) in [5.74, 6) is -0.406. The molecule has 1 aromatic heterocycles. The molecule has 112 valence electrons. The maximum absolute atomic E-state index is 12.6. The minimum atomic E-state index is -0.203. The van der Waals surface area contributed by atoms with Gasteiger partial charge in [-0.15, -0.1) is 0 Å². The lowest BCUT2D eigenvalue weighted by Gasteiger charge is -2.15. The SMILES string of the molecule is Cc1c2c(c(C)n1-c1ccccc1)C(=O)N(CC1CO1)C2=O. The standard InChI is InChI=1S/C17H16N2O3/c1-10-14-15(11(2)19(10)12-6-4-3-5-7-12)17(21)18(16(14)20)8-13-9-22-13/h3-7,13H,8-9H2,1-2H3. The van der Waals surface area contributed by atoms with Gasteiger partial charge in [0.25, 0.3) is 11.8 Å². The van der Waals surface area contributed by atoms with E-state index < -0.39 is 0 Å². The van der Waals surface area contributed by atoms with Crippen molar-refractivity contribution in [3.8, 4) is 5.69 Å². The zero-order valence-corrected chi connectivity index (χ0v) is 12.5. The highest BCUT2D eigenvalue weighted by Crippen LogP contribution is 2.33. The molecule has 0 saturated carbocycles. The Kier molecular flexibility index (Phi) is 2.74. The first-order valence-corrected chi connectivity index (χ1v) is 7.34. The van der Waals surface area contributed by atoms with E-state index in [2.05, 4.69) is 0 Å². The number of imide groups is 1. The van der Waals surface area contributed by atoms with Crippen molar-refractivity contribution in [1.29, 1.82) is 0 Å². The van der Waals surface area contributed by atoms with E-state index in [-0.39, 0.29) is 17.9 Å². The van der Waals surface area contributed by atoms with E-state index in [9.17, 15) is 9.59 Å². The Balaban J connectivity index is 1.83. The third kappa shape index (κ3) is 1.75. The Morgan fingerprint density at radius 3 is 2.09 bits per heavy atom. The second kappa shape index (κ2) is 4.55. The third-order valence-corrected chi connectivity index (χ3v) is 4.37. The molecule has 2 aromatic rings. The van der Waals surface area contributed by atoms with Crippen LogP contribution in [0.3, 0.4) is 0 Å². The second-order valence-electron chi connectivity index (χ2n) is 5.77. The maximum atomic E-state index is 12.6. The van der Waals surface area contributed by atoms with Gasteiger partial charge in [0.1, 0.15) is 0 Å². The van der Waals surface area contributed by atoms with Gasteiger partial charge in [-0.05, 0) is 26.0 Å². The summed E-state index contributed by atoms with van der Waals surface area (Å²) in [5.41, 5.74) is 3.66. The van der Waals surface area contributed by atoms with Crippen molar-refractivity contribution >= 4 is 11.8 Å². The molecule has 3 heterocycles. The molecular weight excluding hydrogens is 280 g/mol. The molecule has 5 heteroatoms. The highest BCUT2D eigenvalue weighted by molar-refractivity contribution is 6.22. The van der Waals surface area contributed by atoms with Crippen molar-refractivity contribution in [1.82, 2.24) is 9.47 Å². The molecule has 0 bridgehead atoms. The normalized spacial score (nSPS) is 19.7. The second-order valence-corrected chi connectivity index (χ2v) is 5.77. The van der Waals surface area contributed by atoms with Gasteiger partial charge in [0, 0.05) is 17.1 Å². The summed E-state index contributed by atoms with van der Waals surface area (Å²) in [6, 6.07) is 9.78. The lowest BCUT2D eigenvalue weighted by Crippen LogP contribution is -2.34. The number of amides is 2. The topological polar surface area (TPSA) is 54.8 Å². The molecule has 5 nitrogen and oxygen atoms in total. The van der Waals surface area contributed by atoms with Gasteiger partial charge in [-0.3, -0.25) is 14.5 Å². The highest BCUT2D eigenvalue weighted by atomic mass is 16.6. The molecule has 0 N–H and O–H groups in total. The Bertz CT molecular complexity index is 748. The fraction of sp³-hybridized carbons (Fsp3) is 0.294. The number of rotatable bonds is 3. The van der Waals surface area contributed by atoms with Crippen molar-refractivity contribution in [2.75, 3.05) is 13.2 Å². The fourth-order valence-corrected chi connectivity index (χ4v) is 3.23. The molecule has 0 aliphatic carbocycles. The van der Waals surface area contributed by atoms with Crippen LogP contribution in [0.4, 0.5) is 0 Å². The molecule has 1 aromatic carbocycles. The van der Waals surface area contributed by atoms with Crippen LogP contribution < -0.4 is 0 Å². The summed E-state index contributed by atoms with van der Waals surface area (Å²) in [5, 5.41) is 0. The first kappa shape index (κ1) is 13.3. The number of ether oxygens (including phenoxy) is 1. The summed E-state index contributed by atoms with van der Waals surface area (Å²) in [6.45, 7) is 4.77. The van der Waals surface area contributed by atoms with Crippen LogP contribution in [0, 0.1) is 13.8 Å². The van der Waals surface area contributed by atoms with Crippen LogP contribution in [0.1, 0.15) is 32.1 Å². The van der Waals surface area contributed by atoms with E-state index in [1.807, 2.05) is 48.7 Å². The summed E-state index contributed by atoms with van der Waals surface area (Å²) in [6.07, 6.45) is 0.0127. The molecule has 1 atom stereocenters. The van der Waals surface area contributed by atoms with E-state index in [1.54, 1.807) is 0 Å². The zero-order valence-electron chi connectivity index (χ0n) is 12.5. The lowest BCUT2D eigenvalue weighted by atomic mass is 10.1. The van der Waals surface area contributed by atoms with Crippen molar-refractivity contribution in [2.45, 2.75) is 20.0 Å². The number of nitrogens with zero attached hydrogens (tertiary/aromatic N) is 2. The molecular formula is C17H16N2O3. The highest BCUT2D eigenvalue weighted by Gasteiger charge is 2.43. The molecule has 1 saturated heterocycles. The number of benzene rings is 1. The minimum Gasteiger partial charge on any atom is -0.371 e. The fourth-order valence-electron chi connectivity index (χ4n) is 3.23. The smallest absolute Gasteiger partial charge is 0.263 e. The third-order valence-electron chi connectivity index (χ3n) is 4.37. The van der Waals surface area contributed by atoms with E-state index in [0.717, 1.165) is 17.1 Å². The van der Waals surface area contributed by atoms with Gasteiger partial charge in [0.15, 0.2) is 0 Å². The minimum absolute atomic E-state index is 0.0127. The molecule has 0 spiro atoms. The van der Waals surface area contributed by atoms with E-state index in [0.29, 0.717) is 24.3 Å². The lowest BCUT2D eigenvalue weighted by molar-refractivity contribution is 0.0640. The first-order chi connectivity index (χ1) is 10.6. The Labute approximate surface area is 128 Å². The van der Waals surface area contributed by atoms with Crippen molar-refractivity contribution in [3.05, 3.63) is 52.8 Å². The summed E-state index contributed by atoms with van der Waals surface area (Å²) in [4.78, 5) is 26.6. The zero-order chi connectivity index (χ0) is 15.4. The number of epoxide rings is 1. The predicted octanol–water partition coefficient (Wildman–Crippen LogP) is 2.09. The van der Waals surface area contributed by atoms with Crippen LogP contribution in [0.2, 0.25) is 0 Å². The van der Waals surface area contributed by atoms with E-state index in [1.165, 1.54) is 4.90 Å². The quantitative estimate of drug-likeness (QED) is 0.644. The number of para-hydroxylation sites is 1. The van der Waals surface area contributed by atoms with Crippen molar-refractivity contribution in [3.63, 3.8) is 0 Å². The van der Waals surface area contributed by atoms with Gasteiger partial charge in [0.05, 0.1) is 30.4 Å². The van der Waals surface area contributed by atoms with Crippen molar-refractivity contribution < 1.29 is 14.3 Å². The van der Waals surface area contributed by atoms with Crippen LogP contribution in [-0.4, -0.2) is 40.5 Å². The Morgan fingerprint density at radius 2 is 1.59 bits per heavy atom. The molecule has 2 aliphatic heterocycles. The number of hydrogen-bond donors (Lipinski definition) is 0. The number of carbonyl (C=O) groups excluding carboxylic acids is 2. The summed E-state index contributed by atoms with van der Waals surface area (Å²) < 4.78 is 7.12. The van der Waals surface area contributed by atoms with Crippen LogP contribution in [0.15, 0.2) is 30.3 Å². The summed E-state index contributed by atoms with van der Waals surface area (Å²) >= 11 is 0. The number of fused-ring (bicyclic) bond motifs is 1. The molecule has 1 fully saturated rings. The monoisotopic (exact) mass is 296 g/mol. The Morgan fingerprint density at radius 1 is 1.05 bits per heavy atom. The average Bonchev–Trinajstić information content (AvgIpc) is 3.25. The van der Waals surface area contributed by atoms with E-state index >= 15 is 0 Å². The molecule has 22 heavy (non-hydrogen) atoms. The van der Waals surface area contributed by atoms with Crippen LogP contribution in [-0.2, 0) is 4.74 Å². The van der Waals surface area contributed by atoms with Gasteiger partial charge in [-0.25, -0.2) is 0 Å². The number of aromatic nitrogens is 1. The molecule has 2 amide bonds. The van der Waals surface area contributed by atoms with Gasteiger partial charge in [0.2, 0.25) is 0 Å². The molecule has 4 rings (SSSR count). The summed E-state index contributed by atoms with van der Waals surface area (Å²) in [7, 11) is 0. The van der Waals surface area contributed by atoms with Crippen LogP contribution >= 0.6 is 0 Å². The van der Waals surface area contributed by atoms with Gasteiger partial charge < -0.3 is 9.30 Å². The Hall–Kier alpha value is -2.40. The number of carbonyl (C=O) groups is 2. The number of hydrogen-bond acceptors (Lipinski definition) is 3.